The first kappa shape index (κ1) is 11.6. The van der Waals surface area contributed by atoms with Crippen molar-refractivity contribution in [1.29, 1.82) is 0 Å². The molecule has 3 nitrogen and oxygen atoms in total. The van der Waals surface area contributed by atoms with Gasteiger partial charge in [0.2, 0.25) is 0 Å². The minimum Gasteiger partial charge on any atom is -0.533 e. The third-order valence-electron chi connectivity index (χ3n) is 1.05. The quantitative estimate of drug-likeness (QED) is 0.296. The van der Waals surface area contributed by atoms with Crippen LogP contribution in [0.4, 0.5) is 0 Å². The van der Waals surface area contributed by atoms with Crippen molar-refractivity contribution in [2.75, 3.05) is 0 Å². The molecule has 0 radical (unpaired) electrons. The molecule has 0 unspecified atom stereocenters. The van der Waals surface area contributed by atoms with Crippen LogP contribution in [0.25, 0.3) is 0 Å². The fraction of sp³-hybridized carbons (Fsp3) is 1.00. The molecule has 0 aromatic heterocycles. The van der Waals surface area contributed by atoms with Gasteiger partial charge in [-0.1, -0.05) is 0 Å². The highest BCUT2D eigenvalue weighted by Crippen LogP contribution is 2.06. The normalized spacial score (nSPS) is 14.7. The summed E-state index contributed by atoms with van der Waals surface area (Å²) in [6, 6.07) is 0. The van der Waals surface area contributed by atoms with Crippen molar-refractivity contribution in [3.05, 3.63) is 0 Å². The molecule has 0 amide bonds. The second-order valence-corrected chi connectivity index (χ2v) is 5.25. The second kappa shape index (κ2) is 3.56. The Labute approximate surface area is 80.8 Å². The largest absolute Gasteiger partial charge is 0.533 e. The van der Waals surface area contributed by atoms with E-state index in [2.05, 4.69) is 10.6 Å². The third-order valence-corrected chi connectivity index (χ3v) is 1.68. The topological polar surface area (TPSA) is 27.4 Å². The van der Waals surface area contributed by atoms with Crippen LogP contribution in [-0.2, 0) is 12.8 Å². The summed E-state index contributed by atoms with van der Waals surface area (Å²) < 4.78 is 1.51. The molecule has 0 aromatic carbocycles. The van der Waals surface area contributed by atoms with Crippen molar-refractivity contribution in [3.63, 3.8) is 0 Å². The van der Waals surface area contributed by atoms with Gasteiger partial charge in [0.1, 0.15) is 5.54 Å². The second-order valence-electron chi connectivity index (χ2n) is 4.91. The first-order chi connectivity index (χ1) is 5.13. The van der Waals surface area contributed by atoms with Gasteiger partial charge in [0.15, 0.2) is 0 Å². The lowest BCUT2D eigenvalue weighted by Crippen LogP contribution is -2.36. The lowest BCUT2D eigenvalue weighted by atomic mass is 10.1. The van der Waals surface area contributed by atoms with Gasteiger partial charge in [-0.15, -0.1) is 0 Å². The van der Waals surface area contributed by atoms with Crippen molar-refractivity contribution in [2.45, 2.75) is 52.6 Å². The molecule has 0 bridgehead atoms. The maximum Gasteiger partial charge on any atom is 0.116 e. The number of nitrogens with one attached hydrogen (secondary N) is 1. The standard InChI is InChI=1S/C8H19N3S/c1-7(2,3)9-10-11(12)8(4,5)6/h9H,1-6H3. The van der Waals surface area contributed by atoms with Gasteiger partial charge in [0.25, 0.3) is 0 Å². The van der Waals surface area contributed by atoms with Crippen LogP contribution in [0.5, 0.6) is 0 Å². The number of rotatable bonds is 1. The van der Waals surface area contributed by atoms with Crippen LogP contribution >= 0.6 is 0 Å². The first-order valence-electron chi connectivity index (χ1n) is 4.08. The summed E-state index contributed by atoms with van der Waals surface area (Å²) in [4.78, 5) is 0. The van der Waals surface area contributed by atoms with Crippen molar-refractivity contribution in [2.24, 2.45) is 5.22 Å². The Morgan fingerprint density at radius 2 is 1.50 bits per heavy atom. The highest BCUT2D eigenvalue weighted by molar-refractivity contribution is 7.51. The van der Waals surface area contributed by atoms with E-state index in [0.717, 1.165) is 0 Å². The van der Waals surface area contributed by atoms with Crippen molar-refractivity contribution < 1.29 is 4.10 Å². The molecule has 0 saturated carbocycles. The third kappa shape index (κ3) is 5.29. The zero-order valence-corrected chi connectivity index (χ0v) is 9.62. The molecule has 0 fully saturated rings. The van der Waals surface area contributed by atoms with Crippen molar-refractivity contribution in [1.82, 2.24) is 5.43 Å². The van der Waals surface area contributed by atoms with Crippen LogP contribution in [0.2, 0.25) is 0 Å². The average molecular weight is 189 g/mol. The van der Waals surface area contributed by atoms with Crippen LogP contribution in [0.15, 0.2) is 5.22 Å². The molecule has 0 saturated heterocycles. The minimum atomic E-state index is -0.104. The highest BCUT2D eigenvalue weighted by Gasteiger charge is 2.16. The van der Waals surface area contributed by atoms with Gasteiger partial charge >= 0.3 is 0 Å². The summed E-state index contributed by atoms with van der Waals surface area (Å²) in [7, 11) is 0. The van der Waals surface area contributed by atoms with Gasteiger partial charge in [-0.2, -0.15) is 5.43 Å². The lowest BCUT2D eigenvalue weighted by molar-refractivity contribution is -0.511. The molecule has 0 atom stereocenters. The van der Waals surface area contributed by atoms with E-state index in [1.165, 1.54) is 4.10 Å². The van der Waals surface area contributed by atoms with E-state index in [9.17, 15) is 0 Å². The van der Waals surface area contributed by atoms with Crippen molar-refractivity contribution in [3.8, 4) is 0 Å². The number of hydrogen-bond acceptors (Lipinski definition) is 2. The average Bonchev–Trinajstić information content (AvgIpc) is 1.78. The first-order valence-corrected chi connectivity index (χ1v) is 4.44. The molecule has 0 spiro atoms. The van der Waals surface area contributed by atoms with Gasteiger partial charge in [0, 0.05) is 0 Å². The van der Waals surface area contributed by atoms with Crippen LogP contribution in [-0.4, -0.2) is 15.2 Å². The van der Waals surface area contributed by atoms with Crippen LogP contribution in [0.3, 0.4) is 0 Å². The summed E-state index contributed by atoms with van der Waals surface area (Å²) in [5, 5.41) is 4.06. The molecule has 0 aromatic rings. The predicted molar refractivity (Wildman–Crippen MR) is 52.7 cm³/mol. The zero-order chi connectivity index (χ0) is 9.99. The predicted octanol–water partition coefficient (Wildman–Crippen LogP) is 2.01. The van der Waals surface area contributed by atoms with Crippen molar-refractivity contribution >= 4 is 12.8 Å². The van der Waals surface area contributed by atoms with E-state index in [0.29, 0.717) is 0 Å². The van der Waals surface area contributed by atoms with E-state index < -0.39 is 0 Å². The fourth-order valence-corrected chi connectivity index (χ4v) is 0.386. The molecule has 0 rings (SSSR count). The van der Waals surface area contributed by atoms with E-state index in [1.807, 2.05) is 41.5 Å². The maximum absolute atomic E-state index is 5.05. The maximum atomic E-state index is 5.05. The van der Waals surface area contributed by atoms with Gasteiger partial charge in [0.05, 0.1) is 10.8 Å². The summed E-state index contributed by atoms with van der Waals surface area (Å²) in [5.74, 6) is 0. The zero-order valence-electron chi connectivity index (χ0n) is 8.80. The Balaban J connectivity index is 4.21. The van der Waals surface area contributed by atoms with E-state index in [4.69, 9.17) is 12.8 Å². The molecule has 0 heterocycles. The number of nitrogens with zero attached hydrogens (tertiary/aromatic N) is 2. The Bertz CT molecular complexity index is 174. The van der Waals surface area contributed by atoms with Crippen LogP contribution < -0.4 is 5.43 Å². The molecule has 1 N–H and O–H groups in total. The smallest absolute Gasteiger partial charge is 0.116 e. The van der Waals surface area contributed by atoms with Gasteiger partial charge in [-0.05, 0) is 41.5 Å². The van der Waals surface area contributed by atoms with E-state index in [-0.39, 0.29) is 11.1 Å². The Morgan fingerprint density at radius 3 is 1.75 bits per heavy atom. The molecule has 72 valence electrons. The van der Waals surface area contributed by atoms with Gasteiger partial charge in [-0.25, -0.2) is 0 Å². The van der Waals surface area contributed by atoms with Gasteiger partial charge in [-0.3, -0.25) is 4.10 Å². The SMILES string of the molecule is CC(C)(C)NN=[N+]([S-])C(C)(C)C. The Kier molecular flexibility index (Phi) is 3.45. The Hall–Kier alpha value is -0.380. The van der Waals surface area contributed by atoms with E-state index >= 15 is 0 Å². The van der Waals surface area contributed by atoms with Gasteiger partial charge < -0.3 is 12.8 Å². The molecule has 0 aliphatic carbocycles. The molecular formula is C8H19N3S. The monoisotopic (exact) mass is 189 g/mol. The van der Waals surface area contributed by atoms with Crippen LogP contribution in [0, 0.1) is 0 Å². The summed E-state index contributed by atoms with van der Waals surface area (Å²) in [6.07, 6.45) is 0. The van der Waals surface area contributed by atoms with E-state index in [1.54, 1.807) is 0 Å². The summed E-state index contributed by atoms with van der Waals surface area (Å²) in [6.45, 7) is 12.2. The molecule has 0 aliphatic heterocycles. The fourth-order valence-electron chi connectivity index (χ4n) is 0.345. The molecule has 4 heteroatoms. The summed E-state index contributed by atoms with van der Waals surface area (Å²) >= 11 is 5.05. The molecule has 0 aliphatic rings. The summed E-state index contributed by atoms with van der Waals surface area (Å²) in [5.41, 5.74) is 2.85. The molecular weight excluding hydrogens is 170 g/mol. The number of hydrogen-bond donors (Lipinski definition) is 1. The highest BCUT2D eigenvalue weighted by atomic mass is 32.1. The minimum absolute atomic E-state index is 0.0255. The Morgan fingerprint density at radius 1 is 1.08 bits per heavy atom. The molecule has 12 heavy (non-hydrogen) atoms. The lowest BCUT2D eigenvalue weighted by Gasteiger charge is -2.24. The van der Waals surface area contributed by atoms with Crippen LogP contribution in [0.1, 0.15) is 41.5 Å².